The van der Waals surface area contributed by atoms with Gasteiger partial charge in [0.05, 0.1) is 0 Å². The van der Waals surface area contributed by atoms with Crippen LogP contribution in [0, 0.1) is 0 Å². The zero-order valence-corrected chi connectivity index (χ0v) is 18.8. The maximum absolute atomic E-state index is 12.3. The number of nitrogens with zero attached hydrogens (tertiary/aromatic N) is 2. The minimum atomic E-state index is 0. The van der Waals surface area contributed by atoms with Crippen LogP contribution in [0.3, 0.4) is 0 Å². The smallest absolute Gasteiger partial charge is 0.227 e. The molecule has 2 heterocycles. The molecule has 0 unspecified atom stereocenters. The van der Waals surface area contributed by atoms with Gasteiger partial charge in [-0.3, -0.25) is 9.59 Å². The molecule has 0 atom stereocenters. The Labute approximate surface area is 200 Å². The standard InChI is InChI=1S/C26H22N2O2.2ClH/c29-25(23-7-3-1-4-8-23)19-27-15-11-21(12-16-27)22-13-17-28(18-14-22)20-26(30)24-9-5-2-6-10-24;;/h1-18H,19-20H2;2*1H/q+2;;/p-2. The number of rotatable bonds is 7. The fourth-order valence-corrected chi connectivity index (χ4v) is 3.27. The molecule has 0 amide bonds. The molecule has 0 radical (unpaired) electrons. The highest BCUT2D eigenvalue weighted by molar-refractivity contribution is 5.95. The zero-order chi connectivity index (χ0) is 20.8. The summed E-state index contributed by atoms with van der Waals surface area (Å²) in [5, 5.41) is 0. The molecule has 0 aliphatic rings. The second-order valence-corrected chi connectivity index (χ2v) is 7.10. The molecule has 4 nitrogen and oxygen atoms in total. The number of Topliss-reactive ketones (excluding diaryl/α,β-unsaturated/α-hetero) is 2. The first-order chi connectivity index (χ1) is 14.7. The van der Waals surface area contributed by atoms with Gasteiger partial charge in [0.25, 0.3) is 0 Å². The Morgan fingerprint density at radius 1 is 0.500 bits per heavy atom. The zero-order valence-electron chi connectivity index (χ0n) is 17.3. The number of benzene rings is 2. The molecule has 0 fully saturated rings. The van der Waals surface area contributed by atoms with Crippen LogP contribution in [0.5, 0.6) is 0 Å². The highest BCUT2D eigenvalue weighted by Gasteiger charge is 2.14. The quantitative estimate of drug-likeness (QED) is 0.228. The van der Waals surface area contributed by atoms with Crippen molar-refractivity contribution in [1.82, 2.24) is 0 Å². The van der Waals surface area contributed by atoms with Crippen molar-refractivity contribution < 1.29 is 43.5 Å². The number of carbonyl (C=O) groups excluding carboxylic acids is 2. The molecular weight excluding hydrogens is 443 g/mol. The third-order valence-electron chi connectivity index (χ3n) is 4.96. The van der Waals surface area contributed by atoms with Crippen LogP contribution < -0.4 is 33.9 Å². The molecule has 0 aliphatic carbocycles. The Morgan fingerprint density at radius 2 is 0.812 bits per heavy atom. The largest absolute Gasteiger partial charge is 1.00 e. The van der Waals surface area contributed by atoms with E-state index >= 15 is 0 Å². The van der Waals surface area contributed by atoms with Gasteiger partial charge in [-0.2, -0.15) is 9.13 Å². The van der Waals surface area contributed by atoms with E-state index in [1.54, 1.807) is 0 Å². The second kappa shape index (κ2) is 11.9. The fraction of sp³-hybridized carbons (Fsp3) is 0.0769. The third-order valence-corrected chi connectivity index (χ3v) is 4.96. The van der Waals surface area contributed by atoms with E-state index in [9.17, 15) is 9.59 Å². The number of carbonyl (C=O) groups is 2. The average molecular weight is 465 g/mol. The van der Waals surface area contributed by atoms with E-state index < -0.39 is 0 Å². The molecule has 0 saturated carbocycles. The first-order valence-corrected chi connectivity index (χ1v) is 9.84. The lowest BCUT2D eigenvalue weighted by Crippen LogP contribution is -3.00. The fourth-order valence-electron chi connectivity index (χ4n) is 3.27. The Morgan fingerprint density at radius 3 is 1.12 bits per heavy atom. The van der Waals surface area contributed by atoms with Crippen LogP contribution in [0.25, 0.3) is 11.1 Å². The minimum Gasteiger partial charge on any atom is -1.00 e. The molecule has 0 aliphatic heterocycles. The summed E-state index contributed by atoms with van der Waals surface area (Å²) in [5.41, 5.74) is 3.54. The molecule has 0 saturated heterocycles. The number of ketones is 2. The number of pyridine rings is 2. The molecule has 2 aromatic carbocycles. The number of halogens is 2. The summed E-state index contributed by atoms with van der Waals surface area (Å²) in [4.78, 5) is 24.7. The molecule has 0 bridgehead atoms. The summed E-state index contributed by atoms with van der Waals surface area (Å²) in [5.74, 6) is 0.161. The van der Waals surface area contributed by atoms with E-state index in [0.29, 0.717) is 24.2 Å². The van der Waals surface area contributed by atoms with Crippen LogP contribution in [0.15, 0.2) is 110 Å². The van der Waals surface area contributed by atoms with Gasteiger partial charge in [-0.05, 0) is 11.1 Å². The van der Waals surface area contributed by atoms with Crippen LogP contribution in [0.2, 0.25) is 0 Å². The molecule has 0 N–H and O–H groups in total. The second-order valence-electron chi connectivity index (χ2n) is 7.10. The van der Waals surface area contributed by atoms with E-state index in [1.807, 2.05) is 119 Å². The lowest BCUT2D eigenvalue weighted by molar-refractivity contribution is -0.683. The van der Waals surface area contributed by atoms with Gasteiger partial charge in [-0.25, -0.2) is 0 Å². The summed E-state index contributed by atoms with van der Waals surface area (Å²) in [6.07, 6.45) is 7.65. The summed E-state index contributed by atoms with van der Waals surface area (Å²) < 4.78 is 3.75. The highest BCUT2D eigenvalue weighted by Crippen LogP contribution is 2.15. The minimum absolute atomic E-state index is 0. The topological polar surface area (TPSA) is 41.9 Å². The van der Waals surface area contributed by atoms with Crippen molar-refractivity contribution in [2.24, 2.45) is 0 Å². The lowest BCUT2D eigenvalue weighted by atomic mass is 10.1. The SMILES string of the molecule is O=C(C[n+]1ccc(-c2cc[n+](CC(=O)c3ccccc3)cc2)cc1)c1ccccc1.[Cl-].[Cl-]. The predicted octanol–water partition coefficient (Wildman–Crippen LogP) is -2.30. The van der Waals surface area contributed by atoms with Gasteiger partial charge in [0.15, 0.2) is 24.8 Å². The van der Waals surface area contributed by atoms with Gasteiger partial charge in [0, 0.05) is 35.4 Å². The van der Waals surface area contributed by atoms with Crippen LogP contribution in [-0.4, -0.2) is 11.6 Å². The number of hydrogen-bond donors (Lipinski definition) is 0. The van der Waals surface area contributed by atoms with Gasteiger partial charge in [0.2, 0.25) is 24.7 Å². The normalized spacial score (nSPS) is 9.88. The molecule has 2 aromatic heterocycles. The van der Waals surface area contributed by atoms with E-state index in [0.717, 1.165) is 11.1 Å². The number of hydrogen-bond acceptors (Lipinski definition) is 2. The van der Waals surface area contributed by atoms with Crippen LogP contribution in [0.4, 0.5) is 0 Å². The average Bonchev–Trinajstić information content (AvgIpc) is 2.81. The molecule has 162 valence electrons. The Hall–Kier alpha value is -3.34. The van der Waals surface area contributed by atoms with E-state index in [4.69, 9.17) is 0 Å². The van der Waals surface area contributed by atoms with Crippen molar-refractivity contribution in [3.8, 4) is 11.1 Å². The predicted molar refractivity (Wildman–Crippen MR) is 114 cm³/mol. The highest BCUT2D eigenvalue weighted by atomic mass is 35.5. The van der Waals surface area contributed by atoms with E-state index in [1.165, 1.54) is 0 Å². The van der Waals surface area contributed by atoms with Gasteiger partial charge < -0.3 is 24.8 Å². The van der Waals surface area contributed by atoms with Crippen molar-refractivity contribution >= 4 is 11.6 Å². The Kier molecular flexibility index (Phi) is 9.26. The van der Waals surface area contributed by atoms with Gasteiger partial charge in [-0.15, -0.1) is 0 Å². The lowest BCUT2D eigenvalue weighted by Gasteiger charge is -2.02. The monoisotopic (exact) mass is 464 g/mol. The molecule has 32 heavy (non-hydrogen) atoms. The van der Waals surface area contributed by atoms with Crippen LogP contribution in [-0.2, 0) is 13.1 Å². The van der Waals surface area contributed by atoms with Crippen LogP contribution in [0.1, 0.15) is 20.7 Å². The van der Waals surface area contributed by atoms with Crippen molar-refractivity contribution in [3.63, 3.8) is 0 Å². The summed E-state index contributed by atoms with van der Waals surface area (Å²) in [6, 6.07) is 26.6. The van der Waals surface area contributed by atoms with E-state index in [2.05, 4.69) is 0 Å². The number of aromatic nitrogens is 2. The summed E-state index contributed by atoms with van der Waals surface area (Å²) in [7, 11) is 0. The Balaban J connectivity index is 0.00000181. The van der Waals surface area contributed by atoms with Gasteiger partial charge in [0.1, 0.15) is 0 Å². The first-order valence-electron chi connectivity index (χ1n) is 9.84. The van der Waals surface area contributed by atoms with Crippen molar-refractivity contribution in [2.45, 2.75) is 13.1 Å². The summed E-state index contributed by atoms with van der Waals surface area (Å²) >= 11 is 0. The van der Waals surface area contributed by atoms with Crippen molar-refractivity contribution in [1.29, 1.82) is 0 Å². The third kappa shape index (κ3) is 6.33. The van der Waals surface area contributed by atoms with Crippen molar-refractivity contribution in [2.75, 3.05) is 0 Å². The molecule has 0 spiro atoms. The molecule has 4 rings (SSSR count). The molecular formula is C26H22Cl2N2O2. The molecule has 4 aromatic rings. The van der Waals surface area contributed by atoms with Crippen LogP contribution >= 0.6 is 0 Å². The maximum atomic E-state index is 12.3. The van der Waals surface area contributed by atoms with Crippen molar-refractivity contribution in [3.05, 3.63) is 121 Å². The first kappa shape index (κ1) is 24.9. The Bertz CT molecular complexity index is 1050. The van der Waals surface area contributed by atoms with Gasteiger partial charge in [-0.1, -0.05) is 60.7 Å². The molecule has 6 heteroatoms. The maximum Gasteiger partial charge on any atom is 0.227 e. The summed E-state index contributed by atoms with van der Waals surface area (Å²) in [6.45, 7) is 0.612. The van der Waals surface area contributed by atoms with Gasteiger partial charge >= 0.3 is 0 Å². The van der Waals surface area contributed by atoms with E-state index in [-0.39, 0.29) is 36.4 Å².